The normalized spacial score (nSPS) is 19.6. The molecule has 1 heterocycles. The third kappa shape index (κ3) is 2.66. The number of benzene rings is 1. The van der Waals surface area contributed by atoms with E-state index in [-0.39, 0.29) is 0 Å². The lowest BCUT2D eigenvalue weighted by Gasteiger charge is -2.04. The Hall–Kier alpha value is -0.670. The maximum Gasteiger partial charge on any atom is 0.169 e. The highest BCUT2D eigenvalue weighted by Gasteiger charge is 2.11. The summed E-state index contributed by atoms with van der Waals surface area (Å²) in [6.07, 6.45) is 1.53. The highest BCUT2D eigenvalue weighted by atomic mass is 35.5. The Morgan fingerprint density at radius 2 is 2.21 bits per heavy atom. The van der Waals surface area contributed by atoms with Crippen molar-refractivity contribution >= 4 is 29.8 Å². The van der Waals surface area contributed by atoms with Crippen molar-refractivity contribution in [1.29, 1.82) is 0 Å². The van der Waals surface area contributed by atoms with Crippen molar-refractivity contribution in [1.82, 2.24) is 0 Å². The summed E-state index contributed by atoms with van der Waals surface area (Å²) >= 11 is 7.56. The predicted molar refractivity (Wildman–Crippen MR) is 60.4 cm³/mol. The number of ether oxygens (including phenoxy) is 1. The molecular weight excluding hydrogens is 218 g/mol. The molecule has 1 aliphatic heterocycles. The van der Waals surface area contributed by atoms with E-state index in [2.05, 4.69) is 4.99 Å². The van der Waals surface area contributed by atoms with Crippen LogP contribution < -0.4 is 0 Å². The van der Waals surface area contributed by atoms with Gasteiger partial charge in [0, 0.05) is 15.7 Å². The van der Waals surface area contributed by atoms with E-state index in [0.717, 1.165) is 10.8 Å². The average molecular weight is 228 g/mol. The maximum absolute atomic E-state index is 5.79. The molecule has 0 aromatic heterocycles. The van der Waals surface area contributed by atoms with Crippen LogP contribution in [-0.4, -0.2) is 24.8 Å². The standard InChI is InChI=1S/C10H10ClNOS/c11-8-1-3-10(4-2-8)14-6-9-5-13-7-12-9/h1-4,7,9H,5-6H2. The monoisotopic (exact) mass is 227 g/mol. The van der Waals surface area contributed by atoms with E-state index in [1.54, 1.807) is 11.8 Å². The smallest absolute Gasteiger partial charge is 0.169 e. The topological polar surface area (TPSA) is 21.6 Å². The lowest BCUT2D eigenvalue weighted by atomic mass is 10.4. The quantitative estimate of drug-likeness (QED) is 0.741. The fourth-order valence-corrected chi connectivity index (χ4v) is 2.16. The fourth-order valence-electron chi connectivity index (χ4n) is 1.14. The van der Waals surface area contributed by atoms with Gasteiger partial charge in [0.05, 0.1) is 6.04 Å². The molecule has 0 saturated heterocycles. The summed E-state index contributed by atoms with van der Waals surface area (Å²) in [5.74, 6) is 0.956. The van der Waals surface area contributed by atoms with Crippen molar-refractivity contribution in [3.63, 3.8) is 0 Å². The second-order valence-electron chi connectivity index (χ2n) is 3.01. The Morgan fingerprint density at radius 1 is 1.43 bits per heavy atom. The van der Waals surface area contributed by atoms with Gasteiger partial charge in [-0.2, -0.15) is 0 Å². The molecule has 0 amide bonds. The molecule has 1 aliphatic rings. The van der Waals surface area contributed by atoms with Crippen LogP contribution in [0.15, 0.2) is 34.2 Å². The highest BCUT2D eigenvalue weighted by Crippen LogP contribution is 2.22. The Bertz CT molecular complexity index is 325. The number of nitrogens with zero attached hydrogens (tertiary/aromatic N) is 1. The molecule has 2 rings (SSSR count). The number of aliphatic imine (C=N–C) groups is 1. The first-order valence-corrected chi connectivity index (χ1v) is 5.72. The summed E-state index contributed by atoms with van der Waals surface area (Å²) in [7, 11) is 0. The predicted octanol–water partition coefficient (Wildman–Crippen LogP) is 2.86. The second kappa shape index (κ2) is 4.71. The van der Waals surface area contributed by atoms with E-state index >= 15 is 0 Å². The van der Waals surface area contributed by atoms with Gasteiger partial charge in [-0.05, 0) is 24.3 Å². The molecule has 0 spiro atoms. The summed E-state index contributed by atoms with van der Waals surface area (Å²) in [6.45, 7) is 0.709. The van der Waals surface area contributed by atoms with Crippen LogP contribution in [0.3, 0.4) is 0 Å². The van der Waals surface area contributed by atoms with Crippen LogP contribution in [0.1, 0.15) is 0 Å². The van der Waals surface area contributed by atoms with Crippen molar-refractivity contribution in [3.05, 3.63) is 29.3 Å². The van der Waals surface area contributed by atoms with Gasteiger partial charge in [0.2, 0.25) is 0 Å². The third-order valence-electron chi connectivity index (χ3n) is 1.89. The zero-order chi connectivity index (χ0) is 9.80. The molecule has 74 valence electrons. The number of thioether (sulfide) groups is 1. The van der Waals surface area contributed by atoms with Crippen molar-refractivity contribution in [2.75, 3.05) is 12.4 Å². The maximum atomic E-state index is 5.79. The molecule has 2 nitrogen and oxygen atoms in total. The highest BCUT2D eigenvalue weighted by molar-refractivity contribution is 7.99. The Balaban J connectivity index is 1.85. The number of hydrogen-bond donors (Lipinski definition) is 0. The third-order valence-corrected chi connectivity index (χ3v) is 3.30. The minimum Gasteiger partial charge on any atom is -0.481 e. The van der Waals surface area contributed by atoms with Crippen LogP contribution in [0.2, 0.25) is 5.02 Å². The largest absolute Gasteiger partial charge is 0.481 e. The molecule has 0 aliphatic carbocycles. The molecule has 1 atom stereocenters. The molecule has 1 aromatic carbocycles. The van der Waals surface area contributed by atoms with Gasteiger partial charge in [-0.1, -0.05) is 11.6 Å². The minimum atomic E-state index is 0.302. The Kier molecular flexibility index (Phi) is 3.32. The van der Waals surface area contributed by atoms with E-state index in [0.29, 0.717) is 12.6 Å². The van der Waals surface area contributed by atoms with E-state index in [1.165, 1.54) is 11.3 Å². The lowest BCUT2D eigenvalue weighted by molar-refractivity contribution is 0.336. The molecule has 1 unspecified atom stereocenters. The van der Waals surface area contributed by atoms with Crippen LogP contribution >= 0.6 is 23.4 Å². The van der Waals surface area contributed by atoms with Crippen LogP contribution in [-0.2, 0) is 4.74 Å². The van der Waals surface area contributed by atoms with E-state index < -0.39 is 0 Å². The van der Waals surface area contributed by atoms with Crippen molar-refractivity contribution < 1.29 is 4.74 Å². The summed E-state index contributed by atoms with van der Waals surface area (Å²) in [5, 5.41) is 0.775. The van der Waals surface area contributed by atoms with Gasteiger partial charge < -0.3 is 4.74 Å². The molecule has 0 bridgehead atoms. The van der Waals surface area contributed by atoms with Gasteiger partial charge >= 0.3 is 0 Å². The number of hydrogen-bond acceptors (Lipinski definition) is 3. The van der Waals surface area contributed by atoms with Gasteiger partial charge in [-0.25, -0.2) is 0 Å². The first-order chi connectivity index (χ1) is 6.84. The van der Waals surface area contributed by atoms with Crippen LogP contribution in [0.5, 0.6) is 0 Å². The summed E-state index contributed by atoms with van der Waals surface area (Å²) < 4.78 is 5.04. The van der Waals surface area contributed by atoms with Gasteiger partial charge in [0.25, 0.3) is 0 Å². The summed E-state index contributed by atoms with van der Waals surface area (Å²) in [6, 6.07) is 8.14. The van der Waals surface area contributed by atoms with Crippen LogP contribution in [0.4, 0.5) is 0 Å². The van der Waals surface area contributed by atoms with Crippen molar-refractivity contribution in [2.45, 2.75) is 10.9 Å². The fraction of sp³-hybridized carbons (Fsp3) is 0.300. The molecule has 1 aromatic rings. The lowest BCUT2D eigenvalue weighted by Crippen LogP contribution is -2.08. The molecule has 4 heteroatoms. The Morgan fingerprint density at radius 3 is 2.86 bits per heavy atom. The van der Waals surface area contributed by atoms with Crippen LogP contribution in [0.25, 0.3) is 0 Å². The van der Waals surface area contributed by atoms with Gasteiger partial charge in [-0.15, -0.1) is 11.8 Å². The molecule has 0 N–H and O–H groups in total. The first-order valence-electron chi connectivity index (χ1n) is 4.36. The Labute approximate surface area is 92.3 Å². The van der Waals surface area contributed by atoms with Crippen molar-refractivity contribution in [2.24, 2.45) is 4.99 Å². The molecular formula is C10H10ClNOS. The zero-order valence-corrected chi connectivity index (χ0v) is 9.09. The number of halogens is 1. The molecule has 0 fully saturated rings. The molecule has 14 heavy (non-hydrogen) atoms. The number of rotatable bonds is 3. The van der Waals surface area contributed by atoms with E-state index in [1.807, 2.05) is 24.3 Å². The van der Waals surface area contributed by atoms with Gasteiger partial charge in [0.1, 0.15) is 6.61 Å². The first kappa shape index (κ1) is 9.87. The van der Waals surface area contributed by atoms with E-state index in [4.69, 9.17) is 16.3 Å². The minimum absolute atomic E-state index is 0.302. The van der Waals surface area contributed by atoms with Gasteiger partial charge in [-0.3, -0.25) is 4.99 Å². The average Bonchev–Trinajstić information content (AvgIpc) is 2.70. The molecule has 0 radical (unpaired) electrons. The summed E-state index contributed by atoms with van der Waals surface area (Å²) in [5.41, 5.74) is 0. The SMILES string of the molecule is Clc1ccc(SCC2COC=N2)cc1. The van der Waals surface area contributed by atoms with E-state index in [9.17, 15) is 0 Å². The zero-order valence-electron chi connectivity index (χ0n) is 7.52. The van der Waals surface area contributed by atoms with Crippen molar-refractivity contribution in [3.8, 4) is 0 Å². The summed E-state index contributed by atoms with van der Waals surface area (Å²) in [4.78, 5) is 5.39. The van der Waals surface area contributed by atoms with Crippen LogP contribution in [0, 0.1) is 0 Å². The second-order valence-corrected chi connectivity index (χ2v) is 4.54. The van der Waals surface area contributed by atoms with Gasteiger partial charge in [0.15, 0.2) is 6.40 Å². The molecule has 0 saturated carbocycles.